The molecule has 4 heteroatoms. The minimum atomic E-state index is -0.00218. The standard InChI is InChI=1S/C16H23N3O/c1-13(2)12-19(9-8-18(3)4)16(20)15-7-5-6-14(10-15)11-17/h5-7,10,13H,8-9,12H2,1-4H3. The van der Waals surface area contributed by atoms with Gasteiger partial charge in [-0.3, -0.25) is 4.79 Å². The number of carbonyl (C=O) groups is 1. The second kappa shape index (κ2) is 7.66. The highest BCUT2D eigenvalue weighted by Crippen LogP contribution is 2.10. The van der Waals surface area contributed by atoms with E-state index < -0.39 is 0 Å². The normalized spacial score (nSPS) is 10.7. The smallest absolute Gasteiger partial charge is 0.253 e. The van der Waals surface area contributed by atoms with E-state index in [0.29, 0.717) is 23.6 Å². The average Bonchev–Trinajstić information content (AvgIpc) is 2.42. The van der Waals surface area contributed by atoms with E-state index >= 15 is 0 Å². The van der Waals surface area contributed by atoms with Crippen molar-refractivity contribution >= 4 is 5.91 Å². The maximum absolute atomic E-state index is 12.6. The summed E-state index contributed by atoms with van der Waals surface area (Å²) in [6.07, 6.45) is 0. The molecule has 1 amide bonds. The summed E-state index contributed by atoms with van der Waals surface area (Å²) < 4.78 is 0. The minimum absolute atomic E-state index is 0.00218. The van der Waals surface area contributed by atoms with Crippen molar-refractivity contribution in [1.82, 2.24) is 9.80 Å². The van der Waals surface area contributed by atoms with Crippen LogP contribution in [0.2, 0.25) is 0 Å². The molecule has 4 nitrogen and oxygen atoms in total. The molecule has 0 aliphatic heterocycles. The summed E-state index contributed by atoms with van der Waals surface area (Å²) in [6.45, 7) is 6.45. The van der Waals surface area contributed by atoms with Gasteiger partial charge in [0.25, 0.3) is 5.91 Å². The van der Waals surface area contributed by atoms with Crippen LogP contribution in [0.15, 0.2) is 24.3 Å². The van der Waals surface area contributed by atoms with Crippen LogP contribution in [-0.2, 0) is 0 Å². The predicted octanol–water partition coefficient (Wildman–Crippen LogP) is 2.22. The molecular weight excluding hydrogens is 250 g/mol. The fourth-order valence-electron chi connectivity index (χ4n) is 1.94. The molecule has 0 aromatic heterocycles. The Balaban J connectivity index is 2.88. The quantitative estimate of drug-likeness (QED) is 0.798. The average molecular weight is 273 g/mol. The molecule has 20 heavy (non-hydrogen) atoms. The lowest BCUT2D eigenvalue weighted by molar-refractivity contribution is 0.0724. The van der Waals surface area contributed by atoms with Crippen LogP contribution in [-0.4, -0.2) is 49.4 Å². The molecule has 0 spiro atoms. The Morgan fingerprint density at radius 1 is 1.30 bits per heavy atom. The Bertz CT molecular complexity index is 489. The molecule has 0 aliphatic rings. The van der Waals surface area contributed by atoms with Crippen LogP contribution in [0, 0.1) is 17.2 Å². The monoisotopic (exact) mass is 273 g/mol. The van der Waals surface area contributed by atoms with E-state index in [1.807, 2.05) is 19.0 Å². The Kier molecular flexibility index (Phi) is 6.20. The molecule has 0 saturated heterocycles. The number of benzene rings is 1. The highest BCUT2D eigenvalue weighted by molar-refractivity contribution is 5.94. The van der Waals surface area contributed by atoms with Crippen LogP contribution in [0.3, 0.4) is 0 Å². The van der Waals surface area contributed by atoms with Gasteiger partial charge in [-0.15, -0.1) is 0 Å². The molecule has 0 aliphatic carbocycles. The summed E-state index contributed by atoms with van der Waals surface area (Å²) >= 11 is 0. The molecule has 0 radical (unpaired) electrons. The van der Waals surface area contributed by atoms with E-state index in [1.54, 1.807) is 24.3 Å². The Labute approximate surface area is 121 Å². The molecule has 1 aromatic rings. The Morgan fingerprint density at radius 2 is 2.00 bits per heavy atom. The van der Waals surface area contributed by atoms with Gasteiger partial charge in [0.05, 0.1) is 11.6 Å². The van der Waals surface area contributed by atoms with Crippen LogP contribution in [0.4, 0.5) is 0 Å². The fourth-order valence-corrected chi connectivity index (χ4v) is 1.94. The lowest BCUT2D eigenvalue weighted by atomic mass is 10.1. The second-order valence-corrected chi connectivity index (χ2v) is 5.64. The maximum atomic E-state index is 12.6. The van der Waals surface area contributed by atoms with Gasteiger partial charge in [-0.05, 0) is 38.2 Å². The molecule has 0 unspecified atom stereocenters. The van der Waals surface area contributed by atoms with Crippen LogP contribution < -0.4 is 0 Å². The number of nitriles is 1. The highest BCUT2D eigenvalue weighted by Gasteiger charge is 2.17. The van der Waals surface area contributed by atoms with Crippen molar-refractivity contribution in [3.05, 3.63) is 35.4 Å². The summed E-state index contributed by atoms with van der Waals surface area (Å²) in [6, 6.07) is 8.97. The fraction of sp³-hybridized carbons (Fsp3) is 0.500. The van der Waals surface area contributed by atoms with Gasteiger partial charge in [0.2, 0.25) is 0 Å². The van der Waals surface area contributed by atoms with Gasteiger partial charge < -0.3 is 9.80 Å². The van der Waals surface area contributed by atoms with Crippen LogP contribution >= 0.6 is 0 Å². The van der Waals surface area contributed by atoms with Gasteiger partial charge in [-0.25, -0.2) is 0 Å². The zero-order valence-corrected chi connectivity index (χ0v) is 12.8. The zero-order valence-electron chi connectivity index (χ0n) is 12.8. The van der Waals surface area contributed by atoms with Crippen molar-refractivity contribution in [1.29, 1.82) is 5.26 Å². The number of carbonyl (C=O) groups excluding carboxylic acids is 1. The first kappa shape index (κ1) is 16.2. The number of hydrogen-bond acceptors (Lipinski definition) is 3. The van der Waals surface area contributed by atoms with Gasteiger partial charge >= 0.3 is 0 Å². The number of amides is 1. The van der Waals surface area contributed by atoms with Gasteiger partial charge in [-0.1, -0.05) is 19.9 Å². The van der Waals surface area contributed by atoms with E-state index in [9.17, 15) is 4.79 Å². The highest BCUT2D eigenvalue weighted by atomic mass is 16.2. The van der Waals surface area contributed by atoms with Gasteiger partial charge in [-0.2, -0.15) is 5.26 Å². The van der Waals surface area contributed by atoms with Crippen molar-refractivity contribution in [2.75, 3.05) is 33.7 Å². The second-order valence-electron chi connectivity index (χ2n) is 5.64. The number of rotatable bonds is 6. The zero-order chi connectivity index (χ0) is 15.1. The first-order valence-corrected chi connectivity index (χ1v) is 6.88. The first-order chi connectivity index (χ1) is 9.43. The number of nitrogens with zero attached hydrogens (tertiary/aromatic N) is 3. The molecule has 0 fully saturated rings. The summed E-state index contributed by atoms with van der Waals surface area (Å²) in [7, 11) is 3.99. The third kappa shape index (κ3) is 5.02. The third-order valence-corrected chi connectivity index (χ3v) is 2.93. The predicted molar refractivity (Wildman–Crippen MR) is 80.5 cm³/mol. The van der Waals surface area contributed by atoms with Gasteiger partial charge in [0.15, 0.2) is 0 Å². The largest absolute Gasteiger partial charge is 0.337 e. The van der Waals surface area contributed by atoms with E-state index in [2.05, 4.69) is 24.8 Å². The SMILES string of the molecule is CC(C)CN(CCN(C)C)C(=O)c1cccc(C#N)c1. The third-order valence-electron chi connectivity index (χ3n) is 2.93. The van der Waals surface area contributed by atoms with Gasteiger partial charge in [0, 0.05) is 25.2 Å². The molecule has 0 atom stereocenters. The van der Waals surface area contributed by atoms with E-state index in [-0.39, 0.29) is 5.91 Å². The topological polar surface area (TPSA) is 47.3 Å². The molecule has 1 rings (SSSR count). The van der Waals surface area contributed by atoms with Crippen molar-refractivity contribution < 1.29 is 4.79 Å². The minimum Gasteiger partial charge on any atom is -0.337 e. The Morgan fingerprint density at radius 3 is 2.55 bits per heavy atom. The van der Waals surface area contributed by atoms with Crippen LogP contribution in [0.25, 0.3) is 0 Å². The molecule has 108 valence electrons. The van der Waals surface area contributed by atoms with E-state index in [4.69, 9.17) is 5.26 Å². The summed E-state index contributed by atoms with van der Waals surface area (Å²) in [5, 5.41) is 8.92. The summed E-state index contributed by atoms with van der Waals surface area (Å²) in [5.74, 6) is 0.415. The number of hydrogen-bond donors (Lipinski definition) is 0. The van der Waals surface area contributed by atoms with E-state index in [0.717, 1.165) is 13.1 Å². The molecule has 0 N–H and O–H groups in total. The summed E-state index contributed by atoms with van der Waals surface area (Å²) in [4.78, 5) is 16.5. The first-order valence-electron chi connectivity index (χ1n) is 6.88. The molecule has 0 bridgehead atoms. The Hall–Kier alpha value is -1.86. The van der Waals surface area contributed by atoms with Gasteiger partial charge in [0.1, 0.15) is 0 Å². The van der Waals surface area contributed by atoms with Crippen molar-refractivity contribution in [3.8, 4) is 6.07 Å². The lowest BCUT2D eigenvalue weighted by Crippen LogP contribution is -2.39. The lowest BCUT2D eigenvalue weighted by Gasteiger charge is -2.26. The molecule has 0 heterocycles. The van der Waals surface area contributed by atoms with Crippen LogP contribution in [0.5, 0.6) is 0 Å². The van der Waals surface area contributed by atoms with E-state index in [1.165, 1.54) is 0 Å². The van der Waals surface area contributed by atoms with Crippen LogP contribution in [0.1, 0.15) is 29.8 Å². The maximum Gasteiger partial charge on any atom is 0.253 e. The number of likely N-dealkylation sites (N-methyl/N-ethyl adjacent to an activating group) is 1. The summed E-state index contributed by atoms with van der Waals surface area (Å²) in [5.41, 5.74) is 1.11. The molecule has 1 aromatic carbocycles. The van der Waals surface area contributed by atoms with Crippen molar-refractivity contribution in [3.63, 3.8) is 0 Å². The molecular formula is C16H23N3O. The van der Waals surface area contributed by atoms with Crippen molar-refractivity contribution in [2.24, 2.45) is 5.92 Å². The molecule has 0 saturated carbocycles. The van der Waals surface area contributed by atoms with Crippen molar-refractivity contribution in [2.45, 2.75) is 13.8 Å².